The summed E-state index contributed by atoms with van der Waals surface area (Å²) >= 11 is 3.50. The molecule has 2 aromatic rings. The SMILES string of the molecule is CCCOc1c(Br)cc(/C=N/NC(=O)c2cccc(OC)c2)cc1OCC. The first kappa shape index (κ1) is 20.8. The molecule has 0 radical (unpaired) electrons. The zero-order chi connectivity index (χ0) is 19.6. The molecule has 0 unspecified atom stereocenters. The van der Waals surface area contributed by atoms with Crippen LogP contribution in [-0.2, 0) is 0 Å². The third-order valence-corrected chi connectivity index (χ3v) is 4.08. The van der Waals surface area contributed by atoms with Crippen LogP contribution in [0.25, 0.3) is 0 Å². The van der Waals surface area contributed by atoms with E-state index in [4.69, 9.17) is 14.2 Å². The Hall–Kier alpha value is -2.54. The fourth-order valence-corrected chi connectivity index (χ4v) is 2.84. The number of carbonyl (C=O) groups is 1. The Labute approximate surface area is 167 Å². The van der Waals surface area contributed by atoms with E-state index in [0.29, 0.717) is 36.0 Å². The Bertz CT molecular complexity index is 809. The van der Waals surface area contributed by atoms with Gasteiger partial charge in [0.05, 0.1) is 31.0 Å². The fraction of sp³-hybridized carbons (Fsp3) is 0.300. The number of methoxy groups -OCH3 is 1. The average molecular weight is 435 g/mol. The summed E-state index contributed by atoms with van der Waals surface area (Å²) in [5, 5.41) is 4.03. The van der Waals surface area contributed by atoms with Crippen molar-refractivity contribution in [2.45, 2.75) is 20.3 Å². The van der Waals surface area contributed by atoms with Crippen molar-refractivity contribution in [3.05, 3.63) is 52.0 Å². The minimum atomic E-state index is -0.322. The van der Waals surface area contributed by atoms with Gasteiger partial charge in [0.15, 0.2) is 11.5 Å². The second-order valence-corrected chi connectivity index (χ2v) is 6.40. The zero-order valence-corrected chi connectivity index (χ0v) is 17.2. The second kappa shape index (κ2) is 10.6. The maximum absolute atomic E-state index is 12.2. The van der Waals surface area contributed by atoms with E-state index in [9.17, 15) is 4.79 Å². The van der Waals surface area contributed by atoms with Gasteiger partial charge in [-0.15, -0.1) is 0 Å². The molecule has 6 nitrogen and oxygen atoms in total. The Kier molecular flexibility index (Phi) is 8.13. The molecule has 27 heavy (non-hydrogen) atoms. The monoisotopic (exact) mass is 434 g/mol. The molecule has 0 fully saturated rings. The molecule has 144 valence electrons. The van der Waals surface area contributed by atoms with Gasteiger partial charge in [0.2, 0.25) is 0 Å². The third-order valence-electron chi connectivity index (χ3n) is 3.49. The van der Waals surface area contributed by atoms with Crippen molar-refractivity contribution in [3.63, 3.8) is 0 Å². The number of rotatable bonds is 9. The summed E-state index contributed by atoms with van der Waals surface area (Å²) in [7, 11) is 1.55. The van der Waals surface area contributed by atoms with Crippen LogP contribution in [0, 0.1) is 0 Å². The van der Waals surface area contributed by atoms with Crippen LogP contribution in [0.15, 0.2) is 46.0 Å². The lowest BCUT2D eigenvalue weighted by molar-refractivity contribution is 0.0955. The number of hydrogen-bond donors (Lipinski definition) is 1. The maximum atomic E-state index is 12.2. The molecule has 0 aliphatic rings. The smallest absolute Gasteiger partial charge is 0.271 e. The van der Waals surface area contributed by atoms with Crippen LogP contribution >= 0.6 is 15.9 Å². The highest BCUT2D eigenvalue weighted by Gasteiger charge is 2.12. The predicted molar refractivity (Wildman–Crippen MR) is 109 cm³/mol. The van der Waals surface area contributed by atoms with Crippen molar-refractivity contribution in [1.29, 1.82) is 0 Å². The Balaban J connectivity index is 2.12. The van der Waals surface area contributed by atoms with Gasteiger partial charge in [0.25, 0.3) is 5.91 Å². The molecule has 2 rings (SSSR count). The van der Waals surface area contributed by atoms with Gasteiger partial charge < -0.3 is 14.2 Å². The number of hydrazone groups is 1. The lowest BCUT2D eigenvalue weighted by atomic mass is 10.2. The summed E-state index contributed by atoms with van der Waals surface area (Å²) in [6.45, 7) is 5.07. The molecule has 0 bridgehead atoms. The molecular formula is C20H23BrN2O4. The van der Waals surface area contributed by atoms with Crippen LogP contribution in [-0.4, -0.2) is 32.4 Å². The highest BCUT2D eigenvalue weighted by Crippen LogP contribution is 2.36. The summed E-state index contributed by atoms with van der Waals surface area (Å²) in [5.74, 6) is 1.58. The van der Waals surface area contributed by atoms with Crippen molar-refractivity contribution in [3.8, 4) is 17.2 Å². The van der Waals surface area contributed by atoms with E-state index in [-0.39, 0.29) is 5.91 Å². The maximum Gasteiger partial charge on any atom is 0.271 e. The van der Waals surface area contributed by atoms with Crippen molar-refractivity contribution >= 4 is 28.1 Å². The predicted octanol–water partition coefficient (Wildman–Crippen LogP) is 4.41. The number of benzene rings is 2. The summed E-state index contributed by atoms with van der Waals surface area (Å²) in [4.78, 5) is 12.2. The van der Waals surface area contributed by atoms with Gasteiger partial charge >= 0.3 is 0 Å². The van der Waals surface area contributed by atoms with E-state index >= 15 is 0 Å². The molecule has 0 saturated heterocycles. The quantitative estimate of drug-likeness (QED) is 0.468. The number of nitrogens with one attached hydrogen (secondary N) is 1. The number of hydrogen-bond acceptors (Lipinski definition) is 5. The second-order valence-electron chi connectivity index (χ2n) is 5.54. The minimum Gasteiger partial charge on any atom is -0.497 e. The van der Waals surface area contributed by atoms with Gasteiger partial charge in [0, 0.05) is 5.56 Å². The molecule has 0 saturated carbocycles. The molecule has 0 atom stereocenters. The zero-order valence-electron chi connectivity index (χ0n) is 15.6. The molecule has 0 heterocycles. The molecule has 7 heteroatoms. The molecule has 0 aliphatic carbocycles. The topological polar surface area (TPSA) is 69.2 Å². The lowest BCUT2D eigenvalue weighted by Crippen LogP contribution is -2.17. The van der Waals surface area contributed by atoms with Gasteiger partial charge in [-0.2, -0.15) is 5.10 Å². The van der Waals surface area contributed by atoms with Crippen molar-refractivity contribution < 1.29 is 19.0 Å². The van der Waals surface area contributed by atoms with Crippen LogP contribution in [0.1, 0.15) is 36.2 Å². The van der Waals surface area contributed by atoms with Crippen molar-refractivity contribution in [2.24, 2.45) is 5.10 Å². The van der Waals surface area contributed by atoms with Crippen molar-refractivity contribution in [1.82, 2.24) is 5.43 Å². The number of ether oxygens (including phenoxy) is 3. The fourth-order valence-electron chi connectivity index (χ4n) is 2.26. The Morgan fingerprint density at radius 1 is 1.22 bits per heavy atom. The number of nitrogens with zero attached hydrogens (tertiary/aromatic N) is 1. The third kappa shape index (κ3) is 5.99. The van der Waals surface area contributed by atoms with E-state index in [1.807, 2.05) is 26.0 Å². The molecule has 2 aromatic carbocycles. The normalized spacial score (nSPS) is 10.7. The van der Waals surface area contributed by atoms with E-state index in [2.05, 4.69) is 26.5 Å². The number of amides is 1. The van der Waals surface area contributed by atoms with E-state index in [1.165, 1.54) is 0 Å². The van der Waals surface area contributed by atoms with Crippen LogP contribution < -0.4 is 19.6 Å². The van der Waals surface area contributed by atoms with Gasteiger partial charge in [-0.25, -0.2) is 5.43 Å². The Morgan fingerprint density at radius 2 is 2.04 bits per heavy atom. The first-order chi connectivity index (χ1) is 13.1. The van der Waals surface area contributed by atoms with E-state index < -0.39 is 0 Å². The molecule has 1 N–H and O–H groups in total. The highest BCUT2D eigenvalue weighted by atomic mass is 79.9. The molecule has 0 spiro atoms. The standard InChI is InChI=1S/C20H23BrN2O4/c1-4-9-27-19-17(21)10-14(11-18(19)26-5-2)13-22-23-20(24)15-7-6-8-16(12-15)25-3/h6-8,10-13H,4-5,9H2,1-3H3,(H,23,24)/b22-13+. The summed E-state index contributed by atoms with van der Waals surface area (Å²) in [6, 6.07) is 10.5. The van der Waals surface area contributed by atoms with Crippen LogP contribution in [0.3, 0.4) is 0 Å². The summed E-state index contributed by atoms with van der Waals surface area (Å²) < 4.78 is 17.3. The van der Waals surface area contributed by atoms with Crippen LogP contribution in [0.5, 0.6) is 17.2 Å². The van der Waals surface area contributed by atoms with Crippen LogP contribution in [0.4, 0.5) is 0 Å². The van der Waals surface area contributed by atoms with Gasteiger partial charge in [-0.3, -0.25) is 4.79 Å². The van der Waals surface area contributed by atoms with Gasteiger partial charge in [0.1, 0.15) is 5.75 Å². The summed E-state index contributed by atoms with van der Waals surface area (Å²) in [6.07, 6.45) is 2.45. The number of carbonyl (C=O) groups excluding carboxylic acids is 1. The van der Waals surface area contributed by atoms with Crippen molar-refractivity contribution in [2.75, 3.05) is 20.3 Å². The first-order valence-electron chi connectivity index (χ1n) is 8.65. The summed E-state index contributed by atoms with van der Waals surface area (Å²) in [5.41, 5.74) is 3.73. The Morgan fingerprint density at radius 3 is 2.74 bits per heavy atom. The largest absolute Gasteiger partial charge is 0.497 e. The van der Waals surface area contributed by atoms with Gasteiger partial charge in [-0.1, -0.05) is 13.0 Å². The number of halogens is 1. The van der Waals surface area contributed by atoms with Gasteiger partial charge in [-0.05, 0) is 65.2 Å². The average Bonchev–Trinajstić information content (AvgIpc) is 2.67. The first-order valence-corrected chi connectivity index (χ1v) is 9.44. The highest BCUT2D eigenvalue weighted by molar-refractivity contribution is 9.10. The molecule has 0 aliphatic heterocycles. The molecule has 1 amide bonds. The van der Waals surface area contributed by atoms with E-state index in [1.54, 1.807) is 37.6 Å². The molecule has 0 aromatic heterocycles. The minimum absolute atomic E-state index is 0.322. The molecular weight excluding hydrogens is 412 g/mol. The van der Waals surface area contributed by atoms with Crippen LogP contribution in [0.2, 0.25) is 0 Å². The lowest BCUT2D eigenvalue weighted by Gasteiger charge is -2.14. The van der Waals surface area contributed by atoms with E-state index in [0.717, 1.165) is 16.5 Å².